The van der Waals surface area contributed by atoms with Gasteiger partial charge in [-0.15, -0.1) is 0 Å². The van der Waals surface area contributed by atoms with Crippen LogP contribution in [-0.2, 0) is 6.54 Å². The van der Waals surface area contributed by atoms with Gasteiger partial charge in [-0.25, -0.2) is 4.39 Å². The highest BCUT2D eigenvalue weighted by Crippen LogP contribution is 2.23. The Hall–Kier alpha value is -1.87. The van der Waals surface area contributed by atoms with E-state index in [9.17, 15) is 4.39 Å². The van der Waals surface area contributed by atoms with Gasteiger partial charge in [-0.1, -0.05) is 25.1 Å². The van der Waals surface area contributed by atoms with E-state index in [1.54, 1.807) is 0 Å². The monoisotopic (exact) mass is 245 g/mol. The average Bonchev–Trinajstić information content (AvgIpc) is 2.37. The van der Waals surface area contributed by atoms with E-state index in [1.807, 2.05) is 43.3 Å². The van der Waals surface area contributed by atoms with Crippen molar-refractivity contribution in [2.24, 2.45) is 0 Å². The Morgan fingerprint density at radius 3 is 2.56 bits per heavy atom. The zero-order valence-electron chi connectivity index (χ0n) is 10.3. The average molecular weight is 245 g/mol. The zero-order valence-corrected chi connectivity index (χ0v) is 10.3. The smallest absolute Gasteiger partial charge is 0.130 e. The molecule has 0 radical (unpaired) electrons. The van der Waals surface area contributed by atoms with Crippen LogP contribution < -0.4 is 10.1 Å². The van der Waals surface area contributed by atoms with Crippen molar-refractivity contribution in [3.63, 3.8) is 0 Å². The molecule has 0 bridgehead atoms. The standard InChI is InChI=1S/C15H16FNO/c1-2-17-11-12-8-13(16)10-15(9-12)18-14-6-4-3-5-7-14/h3-10,17H,2,11H2,1H3. The van der Waals surface area contributed by atoms with Crippen LogP contribution in [0.25, 0.3) is 0 Å². The largest absolute Gasteiger partial charge is 0.457 e. The minimum Gasteiger partial charge on any atom is -0.457 e. The Bertz CT molecular complexity index is 499. The highest BCUT2D eigenvalue weighted by Gasteiger charge is 2.02. The van der Waals surface area contributed by atoms with Crippen LogP contribution in [0.5, 0.6) is 11.5 Å². The van der Waals surface area contributed by atoms with Crippen molar-refractivity contribution in [1.82, 2.24) is 5.32 Å². The first-order valence-electron chi connectivity index (χ1n) is 6.01. The lowest BCUT2D eigenvalue weighted by atomic mass is 10.2. The Balaban J connectivity index is 2.15. The molecule has 18 heavy (non-hydrogen) atoms. The maximum absolute atomic E-state index is 13.4. The summed E-state index contributed by atoms with van der Waals surface area (Å²) >= 11 is 0. The van der Waals surface area contributed by atoms with Gasteiger partial charge < -0.3 is 10.1 Å². The van der Waals surface area contributed by atoms with Gasteiger partial charge in [0.25, 0.3) is 0 Å². The molecule has 0 aromatic heterocycles. The van der Waals surface area contributed by atoms with E-state index in [2.05, 4.69) is 5.32 Å². The molecule has 0 amide bonds. The van der Waals surface area contributed by atoms with Gasteiger partial charge in [0.1, 0.15) is 17.3 Å². The van der Waals surface area contributed by atoms with Crippen LogP contribution in [0.4, 0.5) is 4.39 Å². The molecule has 2 nitrogen and oxygen atoms in total. The van der Waals surface area contributed by atoms with Crippen LogP contribution in [0.3, 0.4) is 0 Å². The van der Waals surface area contributed by atoms with Gasteiger partial charge in [-0.05, 0) is 36.4 Å². The third kappa shape index (κ3) is 3.57. The summed E-state index contributed by atoms with van der Waals surface area (Å²) in [5, 5.41) is 3.16. The van der Waals surface area contributed by atoms with E-state index >= 15 is 0 Å². The lowest BCUT2D eigenvalue weighted by Gasteiger charge is -2.08. The normalized spacial score (nSPS) is 10.3. The van der Waals surface area contributed by atoms with Crippen molar-refractivity contribution >= 4 is 0 Å². The minimum absolute atomic E-state index is 0.281. The van der Waals surface area contributed by atoms with Gasteiger partial charge in [0, 0.05) is 12.6 Å². The maximum atomic E-state index is 13.4. The molecule has 2 aromatic rings. The lowest BCUT2D eigenvalue weighted by molar-refractivity contribution is 0.475. The molecule has 0 saturated heterocycles. The molecule has 1 N–H and O–H groups in total. The highest BCUT2D eigenvalue weighted by molar-refractivity contribution is 5.34. The number of hydrogen-bond donors (Lipinski definition) is 1. The molecular weight excluding hydrogens is 229 g/mol. The molecule has 0 heterocycles. The summed E-state index contributed by atoms with van der Waals surface area (Å²) in [7, 11) is 0. The zero-order chi connectivity index (χ0) is 12.8. The van der Waals surface area contributed by atoms with E-state index in [1.165, 1.54) is 12.1 Å². The molecule has 2 rings (SSSR count). The summed E-state index contributed by atoms with van der Waals surface area (Å²) in [5.41, 5.74) is 0.878. The fourth-order valence-electron chi connectivity index (χ4n) is 1.68. The van der Waals surface area contributed by atoms with Crippen LogP contribution >= 0.6 is 0 Å². The van der Waals surface area contributed by atoms with Crippen molar-refractivity contribution < 1.29 is 9.13 Å². The molecule has 3 heteroatoms. The number of ether oxygens (including phenoxy) is 1. The van der Waals surface area contributed by atoms with Crippen LogP contribution in [0, 0.1) is 5.82 Å². The number of nitrogens with one attached hydrogen (secondary N) is 1. The van der Waals surface area contributed by atoms with Crippen LogP contribution in [0.15, 0.2) is 48.5 Å². The van der Waals surface area contributed by atoms with E-state index in [0.29, 0.717) is 18.0 Å². The summed E-state index contributed by atoms with van der Waals surface area (Å²) in [6, 6.07) is 14.1. The first-order chi connectivity index (χ1) is 8.78. The highest BCUT2D eigenvalue weighted by atomic mass is 19.1. The number of rotatable bonds is 5. The second kappa shape index (κ2) is 6.17. The quantitative estimate of drug-likeness (QED) is 0.866. The second-order valence-corrected chi connectivity index (χ2v) is 3.99. The predicted octanol–water partition coefficient (Wildman–Crippen LogP) is 3.73. The minimum atomic E-state index is -0.281. The van der Waals surface area contributed by atoms with Crippen LogP contribution in [0.1, 0.15) is 12.5 Å². The molecule has 0 saturated carbocycles. The summed E-state index contributed by atoms with van der Waals surface area (Å²) in [5.74, 6) is 0.947. The van der Waals surface area contributed by atoms with Gasteiger partial charge >= 0.3 is 0 Å². The first-order valence-corrected chi connectivity index (χ1v) is 6.01. The maximum Gasteiger partial charge on any atom is 0.130 e. The first kappa shape index (κ1) is 12.6. The third-order valence-electron chi connectivity index (χ3n) is 2.49. The van der Waals surface area contributed by atoms with Gasteiger partial charge in [0.05, 0.1) is 0 Å². The molecule has 0 spiro atoms. The fraction of sp³-hybridized carbons (Fsp3) is 0.200. The van der Waals surface area contributed by atoms with Gasteiger partial charge in [0.2, 0.25) is 0 Å². The van der Waals surface area contributed by atoms with Gasteiger partial charge in [-0.2, -0.15) is 0 Å². The van der Waals surface area contributed by atoms with E-state index in [4.69, 9.17) is 4.74 Å². The Morgan fingerprint density at radius 2 is 1.83 bits per heavy atom. The van der Waals surface area contributed by atoms with Gasteiger partial charge in [-0.3, -0.25) is 0 Å². The predicted molar refractivity (Wildman–Crippen MR) is 70.3 cm³/mol. The Morgan fingerprint density at radius 1 is 1.06 bits per heavy atom. The lowest BCUT2D eigenvalue weighted by Crippen LogP contribution is -2.11. The molecule has 94 valence electrons. The van der Waals surface area contributed by atoms with Crippen molar-refractivity contribution in [3.8, 4) is 11.5 Å². The summed E-state index contributed by atoms with van der Waals surface area (Å²) in [6.07, 6.45) is 0. The van der Waals surface area contributed by atoms with Crippen molar-refractivity contribution in [1.29, 1.82) is 0 Å². The second-order valence-electron chi connectivity index (χ2n) is 3.99. The SMILES string of the molecule is CCNCc1cc(F)cc(Oc2ccccc2)c1. The Labute approximate surface area is 106 Å². The van der Waals surface area contributed by atoms with Crippen molar-refractivity contribution in [2.75, 3.05) is 6.54 Å². The summed E-state index contributed by atoms with van der Waals surface area (Å²) < 4.78 is 19.1. The number of hydrogen-bond acceptors (Lipinski definition) is 2. The van der Waals surface area contributed by atoms with E-state index < -0.39 is 0 Å². The van der Waals surface area contributed by atoms with E-state index in [-0.39, 0.29) is 5.82 Å². The molecular formula is C15H16FNO. The molecule has 2 aromatic carbocycles. The Kier molecular flexibility index (Phi) is 4.31. The van der Waals surface area contributed by atoms with Gasteiger partial charge in [0.15, 0.2) is 0 Å². The van der Waals surface area contributed by atoms with Crippen molar-refractivity contribution in [3.05, 3.63) is 59.9 Å². The molecule has 0 aliphatic rings. The molecule has 0 atom stereocenters. The van der Waals surface area contributed by atoms with Crippen LogP contribution in [0.2, 0.25) is 0 Å². The molecule has 0 aliphatic heterocycles. The molecule has 0 aliphatic carbocycles. The summed E-state index contributed by atoms with van der Waals surface area (Å²) in [6.45, 7) is 3.51. The van der Waals surface area contributed by atoms with Crippen LogP contribution in [-0.4, -0.2) is 6.54 Å². The van der Waals surface area contributed by atoms with E-state index in [0.717, 1.165) is 12.1 Å². The topological polar surface area (TPSA) is 21.3 Å². The molecule has 0 unspecified atom stereocenters. The number of halogens is 1. The fourth-order valence-corrected chi connectivity index (χ4v) is 1.68. The molecule has 0 fully saturated rings. The third-order valence-corrected chi connectivity index (χ3v) is 2.49. The number of para-hydroxylation sites is 1. The van der Waals surface area contributed by atoms with Crippen molar-refractivity contribution in [2.45, 2.75) is 13.5 Å². The number of benzene rings is 2. The summed E-state index contributed by atoms with van der Waals surface area (Å²) in [4.78, 5) is 0.